The van der Waals surface area contributed by atoms with E-state index >= 15 is 0 Å². The molecule has 1 heterocycles. The normalized spacial score (nSPS) is 18.2. The molecule has 0 saturated heterocycles. The number of halogens is 2. The summed E-state index contributed by atoms with van der Waals surface area (Å²) in [5.74, 6) is 0. The minimum atomic E-state index is -0.0375. The van der Waals surface area contributed by atoms with Gasteiger partial charge in [-0.25, -0.2) is 15.1 Å². The number of benzene rings is 1. The van der Waals surface area contributed by atoms with Gasteiger partial charge in [0.15, 0.2) is 0 Å². The van der Waals surface area contributed by atoms with Crippen molar-refractivity contribution < 1.29 is 0 Å². The fourth-order valence-electron chi connectivity index (χ4n) is 1.53. The zero-order valence-corrected chi connectivity index (χ0v) is 13.4. The molecule has 0 saturated carbocycles. The van der Waals surface area contributed by atoms with Crippen LogP contribution in [0, 0.1) is 24.8 Å². The molecule has 0 unspecified atom stereocenters. The Hall–Kier alpha value is -1.79. The molecule has 0 amide bonds. The Labute approximate surface area is 136 Å². The van der Waals surface area contributed by atoms with Gasteiger partial charge in [-0.05, 0) is 31.5 Å². The van der Waals surface area contributed by atoms with Crippen molar-refractivity contribution in [1.29, 1.82) is 5.26 Å². The first kappa shape index (κ1) is 15.6. The molecule has 104 valence electrons. The summed E-state index contributed by atoms with van der Waals surface area (Å²) in [5, 5.41) is 10.9. The molecular formula is C14H8Cl2N4S. The van der Waals surface area contributed by atoms with Crippen molar-refractivity contribution in [3.63, 3.8) is 0 Å². The monoisotopic (exact) mass is 334 g/mol. The second-order valence-corrected chi connectivity index (χ2v) is 5.92. The quantitative estimate of drug-likeness (QED) is 0.526. The summed E-state index contributed by atoms with van der Waals surface area (Å²) >= 11 is 13.4. The molecule has 0 atom stereocenters. The van der Waals surface area contributed by atoms with Crippen LogP contribution in [-0.2, 0) is 0 Å². The van der Waals surface area contributed by atoms with Crippen LogP contribution < -0.4 is 0 Å². The van der Waals surface area contributed by atoms with Crippen LogP contribution in [0.5, 0.6) is 0 Å². The minimum absolute atomic E-state index is 0.0375. The Morgan fingerprint density at radius 3 is 2.52 bits per heavy atom. The highest BCUT2D eigenvalue weighted by Gasteiger charge is 2.20. The first-order valence-corrected chi connectivity index (χ1v) is 7.33. The molecular weight excluding hydrogens is 327 g/mol. The number of nitrogens with zero attached hydrogens (tertiary/aromatic N) is 4. The molecule has 21 heavy (non-hydrogen) atoms. The molecule has 0 spiro atoms. The predicted octanol–water partition coefficient (Wildman–Crippen LogP) is 5.15. The van der Waals surface area contributed by atoms with Crippen LogP contribution in [0.15, 0.2) is 32.8 Å². The summed E-state index contributed by atoms with van der Waals surface area (Å²) < 4.78 is 0. The fraction of sp³-hybridized carbons (Fsp3) is 0.143. The van der Waals surface area contributed by atoms with E-state index in [1.54, 1.807) is 19.1 Å². The third kappa shape index (κ3) is 3.28. The van der Waals surface area contributed by atoms with E-state index in [0.29, 0.717) is 31.5 Å². The Bertz CT molecular complexity index is 755. The van der Waals surface area contributed by atoms with E-state index < -0.39 is 0 Å². The van der Waals surface area contributed by atoms with Crippen LogP contribution in [-0.4, -0.2) is 10.8 Å². The first-order valence-electron chi connectivity index (χ1n) is 5.76. The Balaban J connectivity index is 2.42. The lowest BCUT2D eigenvalue weighted by atomic mass is 10.2. The zero-order valence-electron chi connectivity index (χ0n) is 11.1. The van der Waals surface area contributed by atoms with E-state index in [4.69, 9.17) is 35.0 Å². The van der Waals surface area contributed by atoms with E-state index in [-0.39, 0.29) is 5.70 Å². The molecule has 1 aromatic rings. The number of rotatable bonds is 1. The molecule has 2 rings (SSSR count). The minimum Gasteiger partial charge on any atom is -0.254 e. The maximum absolute atomic E-state index is 8.87. The maximum Gasteiger partial charge on any atom is 0.293 e. The molecule has 0 radical (unpaired) electrons. The average Bonchev–Trinajstić information content (AvgIpc) is 2.78. The number of hydrogen-bond acceptors (Lipinski definition) is 4. The van der Waals surface area contributed by atoms with Gasteiger partial charge in [0.2, 0.25) is 0 Å². The van der Waals surface area contributed by atoms with E-state index in [0.717, 1.165) is 5.56 Å². The molecule has 0 aromatic heterocycles. The molecule has 7 heteroatoms. The maximum atomic E-state index is 8.87. The molecule has 0 aliphatic carbocycles. The molecule has 0 N–H and O–H groups in total. The zero-order chi connectivity index (χ0) is 15.6. The van der Waals surface area contributed by atoms with Crippen LogP contribution in [0.1, 0.15) is 12.5 Å². The third-order valence-electron chi connectivity index (χ3n) is 2.69. The summed E-state index contributed by atoms with van der Waals surface area (Å²) in [6, 6.07) is 5.25. The Morgan fingerprint density at radius 1 is 1.38 bits per heavy atom. The lowest BCUT2D eigenvalue weighted by Gasteiger charge is -2.03. The summed E-state index contributed by atoms with van der Waals surface area (Å²) in [5.41, 5.74) is 2.02. The second-order valence-electron chi connectivity index (χ2n) is 4.13. The van der Waals surface area contributed by atoms with Gasteiger partial charge in [0.05, 0.1) is 24.0 Å². The van der Waals surface area contributed by atoms with Crippen molar-refractivity contribution in [3.05, 3.63) is 49.9 Å². The smallest absolute Gasteiger partial charge is 0.254 e. The number of nitriles is 1. The fourth-order valence-corrected chi connectivity index (χ4v) is 2.90. The van der Waals surface area contributed by atoms with Crippen LogP contribution in [0.3, 0.4) is 0 Å². The van der Waals surface area contributed by atoms with Crippen molar-refractivity contribution in [1.82, 2.24) is 0 Å². The van der Waals surface area contributed by atoms with Gasteiger partial charge in [0, 0.05) is 10.0 Å². The lowest BCUT2D eigenvalue weighted by Crippen LogP contribution is -1.98. The van der Waals surface area contributed by atoms with Crippen molar-refractivity contribution in [2.75, 3.05) is 0 Å². The summed E-state index contributed by atoms with van der Waals surface area (Å²) in [6.45, 7) is 10.5. The molecule has 1 aromatic carbocycles. The third-order valence-corrected chi connectivity index (χ3v) is 4.53. The highest BCUT2D eigenvalue weighted by molar-refractivity contribution is 8.19. The average molecular weight is 335 g/mol. The molecule has 0 fully saturated rings. The van der Waals surface area contributed by atoms with E-state index in [1.165, 1.54) is 11.8 Å². The van der Waals surface area contributed by atoms with Gasteiger partial charge in [-0.3, -0.25) is 4.99 Å². The standard InChI is InChI=1S/C14H8Cl2N4S/c1-7-10(15)4-9(5-11(7)16)20-13-8(2)19-14(21-13)12(6-17)18-3/h4-5H,1-2H3/b14-12-,20-13?. The summed E-state index contributed by atoms with van der Waals surface area (Å²) in [7, 11) is 0. The molecule has 1 aliphatic heterocycles. The largest absolute Gasteiger partial charge is 0.293 e. The summed E-state index contributed by atoms with van der Waals surface area (Å²) in [6.07, 6.45) is 0. The summed E-state index contributed by atoms with van der Waals surface area (Å²) in [4.78, 5) is 11.8. The van der Waals surface area contributed by atoms with Crippen molar-refractivity contribution in [2.45, 2.75) is 13.8 Å². The van der Waals surface area contributed by atoms with Crippen LogP contribution in [0.2, 0.25) is 10.0 Å². The topological polar surface area (TPSA) is 52.9 Å². The van der Waals surface area contributed by atoms with E-state index in [9.17, 15) is 0 Å². The van der Waals surface area contributed by atoms with Gasteiger partial charge >= 0.3 is 0 Å². The second kappa shape index (κ2) is 6.32. The lowest BCUT2D eigenvalue weighted by molar-refractivity contribution is 1.43. The van der Waals surface area contributed by atoms with Gasteiger partial charge in [-0.2, -0.15) is 0 Å². The van der Waals surface area contributed by atoms with Crippen molar-refractivity contribution in [3.8, 4) is 6.07 Å². The van der Waals surface area contributed by atoms with Gasteiger partial charge in [-0.15, -0.1) is 0 Å². The predicted molar refractivity (Wildman–Crippen MR) is 88.2 cm³/mol. The van der Waals surface area contributed by atoms with Crippen molar-refractivity contribution in [2.24, 2.45) is 9.98 Å². The number of hydrogen-bond donors (Lipinski definition) is 0. The van der Waals surface area contributed by atoms with Crippen molar-refractivity contribution >= 4 is 51.4 Å². The first-order chi connectivity index (χ1) is 9.96. The van der Waals surface area contributed by atoms with Gasteiger partial charge < -0.3 is 0 Å². The highest BCUT2D eigenvalue weighted by atomic mass is 35.5. The van der Waals surface area contributed by atoms with Crippen LogP contribution in [0.4, 0.5) is 5.69 Å². The SMILES string of the molecule is [C-]#[N+]/C(C#N)=C1/N=C(C)C(=Nc2cc(Cl)c(C)c(Cl)c2)S1. The van der Waals surface area contributed by atoms with Gasteiger partial charge in [-0.1, -0.05) is 35.0 Å². The highest BCUT2D eigenvalue weighted by Crippen LogP contribution is 2.34. The Kier molecular flexibility index (Phi) is 4.69. The number of thioether (sulfide) groups is 1. The van der Waals surface area contributed by atoms with Gasteiger partial charge in [0.25, 0.3) is 5.70 Å². The van der Waals surface area contributed by atoms with Gasteiger partial charge in [0.1, 0.15) is 10.1 Å². The van der Waals surface area contributed by atoms with E-state index in [2.05, 4.69) is 14.8 Å². The molecule has 1 aliphatic rings. The van der Waals surface area contributed by atoms with E-state index in [1.807, 2.05) is 13.0 Å². The molecule has 4 nitrogen and oxygen atoms in total. The van der Waals surface area contributed by atoms with Crippen LogP contribution in [0.25, 0.3) is 4.85 Å². The molecule has 0 bridgehead atoms. The number of allylic oxidation sites excluding steroid dienone is 1. The number of aliphatic imine (C=N–C) groups is 2. The Morgan fingerprint density at radius 2 is 2.00 bits per heavy atom. The van der Waals surface area contributed by atoms with Crippen LogP contribution >= 0.6 is 35.0 Å².